The lowest BCUT2D eigenvalue weighted by molar-refractivity contribution is 0.399. The first-order chi connectivity index (χ1) is 12.7. The molecule has 1 aliphatic rings. The lowest BCUT2D eigenvalue weighted by Crippen LogP contribution is -2.39. The van der Waals surface area contributed by atoms with E-state index < -0.39 is 0 Å². The highest BCUT2D eigenvalue weighted by Crippen LogP contribution is 2.26. The molecule has 4 rings (SSSR count). The molecule has 0 amide bonds. The van der Waals surface area contributed by atoms with E-state index in [0.717, 1.165) is 40.5 Å². The Morgan fingerprint density at radius 1 is 1.15 bits per heavy atom. The van der Waals surface area contributed by atoms with Gasteiger partial charge in [-0.3, -0.25) is 0 Å². The molecule has 0 atom stereocenters. The van der Waals surface area contributed by atoms with Gasteiger partial charge < -0.3 is 10.2 Å². The van der Waals surface area contributed by atoms with Gasteiger partial charge in [0, 0.05) is 17.6 Å². The Bertz CT molecular complexity index is 925. The van der Waals surface area contributed by atoms with Crippen molar-refractivity contribution in [1.82, 2.24) is 25.2 Å². The number of halogens is 1. The summed E-state index contributed by atoms with van der Waals surface area (Å²) in [5, 5.41) is 12.5. The Hall–Kier alpha value is -2.25. The third-order valence-electron chi connectivity index (χ3n) is 4.43. The molecular formula is C19H18BrN5S. The van der Waals surface area contributed by atoms with E-state index in [0.29, 0.717) is 6.54 Å². The van der Waals surface area contributed by atoms with E-state index in [1.807, 2.05) is 16.8 Å². The molecule has 0 bridgehead atoms. The zero-order valence-corrected chi connectivity index (χ0v) is 16.5. The Kier molecular flexibility index (Phi) is 4.99. The van der Waals surface area contributed by atoms with Crippen molar-refractivity contribution in [3.8, 4) is 5.69 Å². The Morgan fingerprint density at radius 2 is 2.00 bits per heavy atom. The van der Waals surface area contributed by atoms with Gasteiger partial charge in [-0.15, -0.1) is 5.10 Å². The maximum absolute atomic E-state index is 5.66. The Labute approximate surface area is 166 Å². The van der Waals surface area contributed by atoms with Crippen molar-refractivity contribution in [3.63, 3.8) is 0 Å². The lowest BCUT2D eigenvalue weighted by atomic mass is 10.1. The summed E-state index contributed by atoms with van der Waals surface area (Å²) in [5.74, 6) is 0. The van der Waals surface area contributed by atoms with Crippen LogP contribution in [0.25, 0.3) is 5.69 Å². The number of nitrogens with zero attached hydrogens (tertiary/aromatic N) is 4. The molecule has 0 spiro atoms. The Balaban J connectivity index is 1.49. The van der Waals surface area contributed by atoms with Crippen LogP contribution < -0.4 is 5.32 Å². The quantitative estimate of drug-likeness (QED) is 0.648. The third-order valence-corrected chi connectivity index (χ3v) is 5.33. The van der Waals surface area contributed by atoms with Gasteiger partial charge in [-0.2, -0.15) is 0 Å². The SMILES string of the molecule is S=C(NCCc1ccccc1)N1Cc2ccc(Br)cc2-n2nncc2C1. The highest BCUT2D eigenvalue weighted by atomic mass is 79.9. The molecule has 132 valence electrons. The van der Waals surface area contributed by atoms with Crippen molar-refractivity contribution < 1.29 is 0 Å². The van der Waals surface area contributed by atoms with Crippen LogP contribution in [0.15, 0.2) is 59.2 Å². The molecule has 2 aromatic carbocycles. The van der Waals surface area contributed by atoms with Crippen LogP contribution in [0, 0.1) is 0 Å². The molecule has 3 aromatic rings. The first-order valence-corrected chi connectivity index (χ1v) is 9.66. The first kappa shape index (κ1) is 17.2. The molecule has 5 nitrogen and oxygen atoms in total. The average Bonchev–Trinajstić information content (AvgIpc) is 3.05. The number of benzene rings is 2. The normalized spacial score (nSPS) is 12.9. The molecule has 7 heteroatoms. The highest BCUT2D eigenvalue weighted by molar-refractivity contribution is 9.10. The van der Waals surface area contributed by atoms with Crippen molar-refractivity contribution in [2.45, 2.75) is 19.5 Å². The number of fused-ring (bicyclic) bond motifs is 3. The van der Waals surface area contributed by atoms with Crippen molar-refractivity contribution in [1.29, 1.82) is 0 Å². The van der Waals surface area contributed by atoms with Gasteiger partial charge in [-0.05, 0) is 41.9 Å². The largest absolute Gasteiger partial charge is 0.362 e. The summed E-state index contributed by atoms with van der Waals surface area (Å²) in [6.45, 7) is 2.23. The smallest absolute Gasteiger partial charge is 0.169 e. The van der Waals surface area contributed by atoms with E-state index >= 15 is 0 Å². The third kappa shape index (κ3) is 3.64. The number of hydrogen-bond donors (Lipinski definition) is 1. The average molecular weight is 428 g/mol. The zero-order valence-electron chi connectivity index (χ0n) is 14.1. The number of thiocarbonyl (C=S) groups is 1. The van der Waals surface area contributed by atoms with Crippen LogP contribution in [0.3, 0.4) is 0 Å². The van der Waals surface area contributed by atoms with E-state index in [2.05, 4.69) is 72.9 Å². The second-order valence-corrected chi connectivity index (χ2v) is 7.54. The van der Waals surface area contributed by atoms with Crippen LogP contribution in [0.5, 0.6) is 0 Å². The minimum Gasteiger partial charge on any atom is -0.362 e. The first-order valence-electron chi connectivity index (χ1n) is 8.46. The molecule has 0 radical (unpaired) electrons. The van der Waals surface area contributed by atoms with Crippen LogP contribution in [-0.4, -0.2) is 31.6 Å². The molecule has 26 heavy (non-hydrogen) atoms. The lowest BCUT2D eigenvalue weighted by Gasteiger charge is -2.24. The van der Waals surface area contributed by atoms with Gasteiger partial charge in [0.2, 0.25) is 0 Å². The molecular weight excluding hydrogens is 410 g/mol. The zero-order chi connectivity index (χ0) is 17.9. The van der Waals surface area contributed by atoms with Crippen molar-refractivity contribution in [2.75, 3.05) is 6.54 Å². The summed E-state index contributed by atoms with van der Waals surface area (Å²) in [5.41, 5.74) is 4.54. The van der Waals surface area contributed by atoms with Gasteiger partial charge in [-0.25, -0.2) is 4.68 Å². The predicted molar refractivity (Wildman–Crippen MR) is 109 cm³/mol. The summed E-state index contributed by atoms with van der Waals surface area (Å²) >= 11 is 9.21. The van der Waals surface area contributed by atoms with Crippen molar-refractivity contribution >= 4 is 33.3 Å². The summed E-state index contributed by atoms with van der Waals surface area (Å²) in [6.07, 6.45) is 2.74. The number of nitrogens with one attached hydrogen (secondary N) is 1. The topological polar surface area (TPSA) is 46.0 Å². The fraction of sp³-hybridized carbons (Fsp3) is 0.211. The van der Waals surface area contributed by atoms with Gasteiger partial charge in [-0.1, -0.05) is 57.5 Å². The highest BCUT2D eigenvalue weighted by Gasteiger charge is 2.22. The molecule has 0 saturated heterocycles. The molecule has 0 saturated carbocycles. The molecule has 0 aliphatic carbocycles. The molecule has 1 aliphatic heterocycles. The minimum atomic E-state index is 0.677. The number of aromatic nitrogens is 3. The van der Waals surface area contributed by atoms with Crippen molar-refractivity contribution in [3.05, 3.63) is 76.0 Å². The van der Waals surface area contributed by atoms with E-state index in [1.54, 1.807) is 6.20 Å². The van der Waals surface area contributed by atoms with Crippen LogP contribution in [0.2, 0.25) is 0 Å². The fourth-order valence-electron chi connectivity index (χ4n) is 3.11. The maximum atomic E-state index is 5.66. The van der Waals surface area contributed by atoms with E-state index in [9.17, 15) is 0 Å². The Morgan fingerprint density at radius 3 is 2.85 bits per heavy atom. The van der Waals surface area contributed by atoms with Gasteiger partial charge >= 0.3 is 0 Å². The molecule has 1 aromatic heterocycles. The second kappa shape index (κ2) is 7.55. The van der Waals surface area contributed by atoms with E-state index in [-0.39, 0.29) is 0 Å². The van der Waals surface area contributed by atoms with Crippen LogP contribution in [0.4, 0.5) is 0 Å². The standard InChI is InChI=1S/C19H18BrN5S/c20-16-7-6-15-12-24(13-17-11-22-23-25(17)18(15)10-16)19(26)21-9-8-14-4-2-1-3-5-14/h1-7,10-11H,8-9,12-13H2,(H,21,26). The molecule has 0 unspecified atom stereocenters. The predicted octanol–water partition coefficient (Wildman–Crippen LogP) is 3.46. The van der Waals surface area contributed by atoms with Crippen LogP contribution >= 0.6 is 28.1 Å². The monoisotopic (exact) mass is 427 g/mol. The van der Waals surface area contributed by atoms with Gasteiger partial charge in [0.15, 0.2) is 5.11 Å². The molecule has 1 N–H and O–H groups in total. The molecule has 0 fully saturated rings. The summed E-state index contributed by atoms with van der Waals surface area (Å²) < 4.78 is 2.92. The van der Waals surface area contributed by atoms with Gasteiger partial charge in [0.25, 0.3) is 0 Å². The number of rotatable bonds is 3. The van der Waals surface area contributed by atoms with Gasteiger partial charge in [0.1, 0.15) is 0 Å². The molecule has 2 heterocycles. The van der Waals surface area contributed by atoms with Crippen molar-refractivity contribution in [2.24, 2.45) is 0 Å². The maximum Gasteiger partial charge on any atom is 0.169 e. The summed E-state index contributed by atoms with van der Waals surface area (Å²) in [4.78, 5) is 2.16. The number of hydrogen-bond acceptors (Lipinski definition) is 3. The van der Waals surface area contributed by atoms with E-state index in [4.69, 9.17) is 12.2 Å². The second-order valence-electron chi connectivity index (χ2n) is 6.23. The van der Waals surface area contributed by atoms with Gasteiger partial charge in [0.05, 0.1) is 24.1 Å². The summed E-state index contributed by atoms with van der Waals surface area (Å²) in [6, 6.07) is 16.6. The summed E-state index contributed by atoms with van der Waals surface area (Å²) in [7, 11) is 0. The fourth-order valence-corrected chi connectivity index (χ4v) is 3.69. The minimum absolute atomic E-state index is 0.677. The van der Waals surface area contributed by atoms with Crippen LogP contribution in [0.1, 0.15) is 16.8 Å². The van der Waals surface area contributed by atoms with E-state index in [1.165, 1.54) is 11.1 Å². The van der Waals surface area contributed by atoms with Crippen LogP contribution in [-0.2, 0) is 19.5 Å².